The molecule has 3 rings (SSSR count). The van der Waals surface area contributed by atoms with Crippen LogP contribution in [0.5, 0.6) is 0 Å². The number of benzene rings is 1. The highest BCUT2D eigenvalue weighted by atomic mass is 79.9. The monoisotopic (exact) mass is 450 g/mol. The van der Waals surface area contributed by atoms with E-state index in [9.17, 15) is 0 Å². The first-order valence-corrected chi connectivity index (χ1v) is 11.4. The fraction of sp³-hybridized carbons (Fsp3) is 0.346. The Morgan fingerprint density at radius 2 is 1.97 bits per heavy atom. The number of hydrogen-bond acceptors (Lipinski definition) is 2. The van der Waals surface area contributed by atoms with Crippen molar-refractivity contribution in [1.29, 1.82) is 0 Å². The average molecular weight is 451 g/mol. The van der Waals surface area contributed by atoms with E-state index >= 15 is 0 Å². The fourth-order valence-corrected chi connectivity index (χ4v) is 4.36. The molecule has 0 amide bonds. The summed E-state index contributed by atoms with van der Waals surface area (Å²) >= 11 is 3.52. The van der Waals surface area contributed by atoms with E-state index in [4.69, 9.17) is 4.98 Å². The van der Waals surface area contributed by atoms with E-state index in [-0.39, 0.29) is 0 Å². The Hall–Kier alpha value is -1.97. The lowest BCUT2D eigenvalue weighted by Crippen LogP contribution is -2.13. The van der Waals surface area contributed by atoms with Crippen LogP contribution < -0.4 is 5.32 Å². The van der Waals surface area contributed by atoms with Crippen LogP contribution >= 0.6 is 15.9 Å². The van der Waals surface area contributed by atoms with Crippen molar-refractivity contribution in [1.82, 2.24) is 10.3 Å². The smallest absolute Gasteiger partial charge is 0.106 e. The Morgan fingerprint density at radius 3 is 2.66 bits per heavy atom. The van der Waals surface area contributed by atoms with E-state index in [1.807, 2.05) is 18.2 Å². The van der Waals surface area contributed by atoms with Gasteiger partial charge in [0.1, 0.15) is 4.60 Å². The average Bonchev–Trinajstić information content (AvgIpc) is 3.03. The Kier molecular flexibility index (Phi) is 8.02. The minimum Gasteiger partial charge on any atom is -0.317 e. The normalized spacial score (nSPS) is 18.7. The van der Waals surface area contributed by atoms with Gasteiger partial charge in [-0.05, 0) is 102 Å². The Labute approximate surface area is 184 Å². The lowest BCUT2D eigenvalue weighted by atomic mass is 9.89. The summed E-state index contributed by atoms with van der Waals surface area (Å²) in [7, 11) is 0. The fourth-order valence-electron chi connectivity index (χ4n) is 4.02. The maximum Gasteiger partial charge on any atom is 0.106 e. The zero-order chi connectivity index (χ0) is 20.6. The van der Waals surface area contributed by atoms with E-state index in [2.05, 4.69) is 78.1 Å². The van der Waals surface area contributed by atoms with E-state index in [0.29, 0.717) is 5.92 Å². The molecule has 1 aromatic heterocycles. The van der Waals surface area contributed by atoms with Gasteiger partial charge >= 0.3 is 0 Å². The van der Waals surface area contributed by atoms with Crippen LogP contribution in [-0.2, 0) is 0 Å². The molecule has 1 aromatic carbocycles. The number of pyridine rings is 1. The lowest BCUT2D eigenvalue weighted by Gasteiger charge is -2.17. The van der Waals surface area contributed by atoms with Gasteiger partial charge in [0.2, 0.25) is 0 Å². The minimum absolute atomic E-state index is 0.669. The second-order valence-electron chi connectivity index (χ2n) is 7.68. The molecule has 1 aliphatic rings. The summed E-state index contributed by atoms with van der Waals surface area (Å²) in [6.07, 6.45) is 8.80. The number of aromatic nitrogens is 1. The molecule has 0 radical (unpaired) electrons. The van der Waals surface area contributed by atoms with Gasteiger partial charge in [-0.2, -0.15) is 0 Å². The van der Waals surface area contributed by atoms with E-state index in [0.717, 1.165) is 41.0 Å². The van der Waals surface area contributed by atoms with Crippen LogP contribution in [-0.4, -0.2) is 18.1 Å². The summed E-state index contributed by atoms with van der Waals surface area (Å²) in [4.78, 5) is 4.73. The first-order chi connectivity index (χ1) is 14.1. The van der Waals surface area contributed by atoms with Gasteiger partial charge in [-0.1, -0.05) is 55.5 Å². The lowest BCUT2D eigenvalue weighted by molar-refractivity contribution is 0.609. The summed E-state index contributed by atoms with van der Waals surface area (Å²) in [5, 5.41) is 3.51. The van der Waals surface area contributed by atoms with Crippen LogP contribution in [0, 0.1) is 0 Å². The zero-order valence-electron chi connectivity index (χ0n) is 17.5. The Morgan fingerprint density at radius 1 is 1.17 bits per heavy atom. The molecule has 0 aliphatic carbocycles. The quantitative estimate of drug-likeness (QED) is 0.373. The highest BCUT2D eigenvalue weighted by molar-refractivity contribution is 9.10. The molecule has 1 saturated heterocycles. The third kappa shape index (κ3) is 5.77. The molecule has 3 heteroatoms. The minimum atomic E-state index is 0.669. The van der Waals surface area contributed by atoms with Crippen LogP contribution in [0.4, 0.5) is 0 Å². The van der Waals surface area contributed by atoms with E-state index < -0.39 is 0 Å². The molecular weight excluding hydrogens is 420 g/mol. The maximum atomic E-state index is 4.73. The third-order valence-corrected chi connectivity index (χ3v) is 6.11. The molecule has 2 heterocycles. The molecule has 2 nitrogen and oxygen atoms in total. The van der Waals surface area contributed by atoms with Crippen LogP contribution in [0.1, 0.15) is 62.3 Å². The molecule has 152 valence electrons. The van der Waals surface area contributed by atoms with Crippen molar-refractivity contribution < 1.29 is 0 Å². The molecule has 0 saturated carbocycles. The van der Waals surface area contributed by atoms with Crippen molar-refractivity contribution in [2.24, 2.45) is 0 Å². The molecule has 0 spiro atoms. The summed E-state index contributed by atoms with van der Waals surface area (Å²) < 4.78 is 0.852. The number of nitrogens with zero attached hydrogens (tertiary/aromatic N) is 1. The number of hydrogen-bond donors (Lipinski definition) is 1. The largest absolute Gasteiger partial charge is 0.317 e. The van der Waals surface area contributed by atoms with Crippen molar-refractivity contribution in [2.45, 2.75) is 45.4 Å². The van der Waals surface area contributed by atoms with E-state index in [1.165, 1.54) is 36.0 Å². The standard InChI is InChI=1S/C26H31BrN2/c1-4-19(3)18-24(25-9-6-10-26(27)29-25)23(5-2)22-13-11-21(12-14-22)20-8-7-16-28-17-15-20/h4,6,9-14,18,20,28H,1,5,7-8,15-17H2,2-3H3/b19-18-,24-23-. The Bertz CT molecular complexity index is 885. The molecule has 29 heavy (non-hydrogen) atoms. The molecule has 0 bridgehead atoms. The SMILES string of the molecule is C=C/C(C)=C\C(=C(/CC)c1ccc(C2CCCNCC2)cc1)c1cccc(Br)n1. The number of rotatable bonds is 6. The van der Waals surface area contributed by atoms with E-state index in [1.54, 1.807) is 0 Å². The van der Waals surface area contributed by atoms with Crippen LogP contribution in [0.25, 0.3) is 11.1 Å². The van der Waals surface area contributed by atoms with Gasteiger partial charge in [-0.3, -0.25) is 0 Å². The third-order valence-electron chi connectivity index (χ3n) is 5.67. The van der Waals surface area contributed by atoms with Gasteiger partial charge in [-0.15, -0.1) is 0 Å². The van der Waals surface area contributed by atoms with Crippen molar-refractivity contribution in [3.63, 3.8) is 0 Å². The van der Waals surface area contributed by atoms with Gasteiger partial charge in [0.05, 0.1) is 5.69 Å². The molecular formula is C26H31BrN2. The van der Waals surface area contributed by atoms with Gasteiger partial charge in [0.15, 0.2) is 0 Å². The number of nitrogens with one attached hydrogen (secondary N) is 1. The summed E-state index contributed by atoms with van der Waals surface area (Å²) in [6, 6.07) is 15.3. The topological polar surface area (TPSA) is 24.9 Å². The predicted octanol–water partition coefficient (Wildman–Crippen LogP) is 7.15. The number of allylic oxidation sites excluding steroid dienone is 5. The Balaban J connectivity index is 2.02. The first kappa shape index (κ1) is 21.7. The number of halogens is 1. The van der Waals surface area contributed by atoms with Crippen LogP contribution in [0.2, 0.25) is 0 Å². The van der Waals surface area contributed by atoms with Gasteiger partial charge in [0.25, 0.3) is 0 Å². The zero-order valence-corrected chi connectivity index (χ0v) is 19.1. The summed E-state index contributed by atoms with van der Waals surface area (Å²) in [6.45, 7) is 10.5. The second kappa shape index (κ2) is 10.7. The first-order valence-electron chi connectivity index (χ1n) is 10.6. The van der Waals surface area contributed by atoms with Crippen molar-refractivity contribution >= 4 is 27.1 Å². The maximum absolute atomic E-state index is 4.73. The van der Waals surface area contributed by atoms with Gasteiger partial charge in [-0.25, -0.2) is 4.98 Å². The van der Waals surface area contributed by atoms with Crippen molar-refractivity contribution in [3.8, 4) is 0 Å². The molecule has 1 N–H and O–H groups in total. The molecule has 1 aliphatic heterocycles. The molecule has 1 unspecified atom stereocenters. The van der Waals surface area contributed by atoms with Crippen molar-refractivity contribution in [3.05, 3.63) is 88.2 Å². The van der Waals surface area contributed by atoms with Crippen LogP contribution in [0.3, 0.4) is 0 Å². The molecule has 2 aromatic rings. The van der Waals surface area contributed by atoms with Crippen LogP contribution in [0.15, 0.2) is 71.4 Å². The molecule has 1 fully saturated rings. The van der Waals surface area contributed by atoms with Crippen molar-refractivity contribution in [2.75, 3.05) is 13.1 Å². The van der Waals surface area contributed by atoms with Gasteiger partial charge in [0, 0.05) is 5.57 Å². The summed E-state index contributed by atoms with van der Waals surface area (Å²) in [5.74, 6) is 0.669. The summed E-state index contributed by atoms with van der Waals surface area (Å²) in [5.41, 5.74) is 7.33. The highest BCUT2D eigenvalue weighted by Gasteiger charge is 2.15. The highest BCUT2D eigenvalue weighted by Crippen LogP contribution is 2.33. The predicted molar refractivity (Wildman–Crippen MR) is 129 cm³/mol. The van der Waals surface area contributed by atoms with Gasteiger partial charge < -0.3 is 5.32 Å². The molecule has 1 atom stereocenters. The second-order valence-corrected chi connectivity index (χ2v) is 8.50.